The number of piperidine rings is 1. The van der Waals surface area contributed by atoms with Crippen molar-refractivity contribution in [3.63, 3.8) is 0 Å². The molecule has 7 rings (SSSR count). The third-order valence-electron chi connectivity index (χ3n) is 10.2. The highest BCUT2D eigenvalue weighted by Crippen LogP contribution is 2.27. The number of carbonyl (C=O) groups is 2. The maximum absolute atomic E-state index is 13.1. The van der Waals surface area contributed by atoms with Gasteiger partial charge in [0.15, 0.2) is 0 Å². The molecule has 2 amide bonds. The van der Waals surface area contributed by atoms with E-state index < -0.39 is 0 Å². The molecule has 0 radical (unpaired) electrons. The molecule has 0 unspecified atom stereocenters. The van der Waals surface area contributed by atoms with E-state index in [1.165, 1.54) is 5.56 Å². The summed E-state index contributed by atoms with van der Waals surface area (Å²) >= 11 is 0. The van der Waals surface area contributed by atoms with Gasteiger partial charge in [0, 0.05) is 48.8 Å². The van der Waals surface area contributed by atoms with Gasteiger partial charge in [0.25, 0.3) is 11.8 Å². The lowest BCUT2D eigenvalue weighted by atomic mass is 10.0. The maximum atomic E-state index is 13.1. The fourth-order valence-electron chi connectivity index (χ4n) is 6.78. The average molecular weight is 745 g/mol. The van der Waals surface area contributed by atoms with Crippen LogP contribution in [0.5, 0.6) is 17.2 Å². The number of aryl methyl sites for hydroxylation is 3. The quantitative estimate of drug-likeness (QED) is 0.112. The maximum Gasteiger partial charge on any atom is 0.255 e. The van der Waals surface area contributed by atoms with E-state index in [4.69, 9.17) is 14.2 Å². The van der Waals surface area contributed by atoms with Crippen molar-refractivity contribution in [2.75, 3.05) is 25.0 Å². The average Bonchev–Trinajstić information content (AvgIpc) is 3.24. The summed E-state index contributed by atoms with van der Waals surface area (Å²) in [6.07, 6.45) is 3.56. The predicted molar refractivity (Wildman–Crippen MR) is 223 cm³/mol. The Balaban J connectivity index is 0.840. The molecule has 56 heavy (non-hydrogen) atoms. The largest absolute Gasteiger partial charge is 0.493 e. The molecule has 0 spiro atoms. The second kappa shape index (κ2) is 18.3. The highest BCUT2D eigenvalue weighted by molar-refractivity contribution is 6.04. The summed E-state index contributed by atoms with van der Waals surface area (Å²) < 4.78 is 18.4. The van der Waals surface area contributed by atoms with Gasteiger partial charge in [-0.2, -0.15) is 0 Å². The molecule has 6 aromatic rings. The first-order valence-corrected chi connectivity index (χ1v) is 19.4. The van der Waals surface area contributed by atoms with Crippen molar-refractivity contribution in [3.05, 3.63) is 179 Å². The van der Waals surface area contributed by atoms with Crippen LogP contribution in [0, 0.1) is 13.8 Å². The van der Waals surface area contributed by atoms with Crippen molar-refractivity contribution in [1.82, 2.24) is 4.90 Å². The minimum atomic E-state index is -0.175. The summed E-state index contributed by atoms with van der Waals surface area (Å²) in [6.45, 7) is 6.45. The number of hydrogen-bond donors (Lipinski definition) is 1. The Morgan fingerprint density at radius 3 is 2.00 bits per heavy atom. The molecular formula is C49H48N2O5. The molecule has 1 aliphatic heterocycles. The summed E-state index contributed by atoms with van der Waals surface area (Å²) in [5, 5.41) is 3.01. The zero-order valence-electron chi connectivity index (χ0n) is 32.1. The molecule has 0 aromatic heterocycles. The molecule has 284 valence electrons. The Bertz CT molecular complexity index is 2190. The van der Waals surface area contributed by atoms with Crippen LogP contribution in [0.25, 0.3) is 11.1 Å². The molecule has 7 heteroatoms. The Labute approximate surface area is 329 Å². The van der Waals surface area contributed by atoms with Crippen LogP contribution in [0.15, 0.2) is 146 Å². The number of amides is 2. The van der Waals surface area contributed by atoms with Gasteiger partial charge in [-0.3, -0.25) is 9.59 Å². The summed E-state index contributed by atoms with van der Waals surface area (Å²) in [7, 11) is 0. The zero-order chi connectivity index (χ0) is 38.7. The van der Waals surface area contributed by atoms with Gasteiger partial charge in [-0.15, -0.1) is 0 Å². The van der Waals surface area contributed by atoms with Crippen LogP contribution in [0.3, 0.4) is 0 Å². The van der Waals surface area contributed by atoms with Gasteiger partial charge in [0.2, 0.25) is 0 Å². The fraction of sp³-hybridized carbons (Fsp3) is 0.224. The van der Waals surface area contributed by atoms with Crippen molar-refractivity contribution in [3.8, 4) is 28.4 Å². The van der Waals surface area contributed by atoms with Gasteiger partial charge in [0.1, 0.15) is 30.0 Å². The molecule has 1 fully saturated rings. The van der Waals surface area contributed by atoms with Crippen LogP contribution >= 0.6 is 0 Å². The smallest absolute Gasteiger partial charge is 0.255 e. The first-order chi connectivity index (χ1) is 27.4. The van der Waals surface area contributed by atoms with E-state index in [2.05, 4.69) is 29.6 Å². The van der Waals surface area contributed by atoms with Crippen LogP contribution in [0.4, 0.5) is 5.69 Å². The predicted octanol–water partition coefficient (Wildman–Crippen LogP) is 10.5. The SMILES string of the molecule is Cc1ccc(C(=O)N2CCC(Oc3ccc(COc4ccc(-c5ccc(C(=O)Nc6ccc(C)c(OCCCc7ccccc7)c6)cc5)cc4)cc3)CC2)cc1. The van der Waals surface area contributed by atoms with Crippen molar-refractivity contribution >= 4 is 17.5 Å². The van der Waals surface area contributed by atoms with Gasteiger partial charge in [-0.25, -0.2) is 0 Å². The summed E-state index contributed by atoms with van der Waals surface area (Å²) in [5.41, 5.74) is 8.57. The number of nitrogens with zero attached hydrogens (tertiary/aromatic N) is 1. The van der Waals surface area contributed by atoms with Crippen LogP contribution in [0.2, 0.25) is 0 Å². The highest BCUT2D eigenvalue weighted by atomic mass is 16.5. The van der Waals surface area contributed by atoms with E-state index >= 15 is 0 Å². The van der Waals surface area contributed by atoms with E-state index in [1.54, 1.807) is 0 Å². The van der Waals surface area contributed by atoms with E-state index in [-0.39, 0.29) is 17.9 Å². The lowest BCUT2D eigenvalue weighted by molar-refractivity contribution is 0.0595. The fourth-order valence-corrected chi connectivity index (χ4v) is 6.78. The van der Waals surface area contributed by atoms with Gasteiger partial charge in [0.05, 0.1) is 6.61 Å². The van der Waals surface area contributed by atoms with E-state index in [0.717, 1.165) is 76.3 Å². The zero-order valence-corrected chi connectivity index (χ0v) is 32.1. The Kier molecular flexibility index (Phi) is 12.4. The number of nitrogens with one attached hydrogen (secondary N) is 1. The number of likely N-dealkylation sites (tertiary alicyclic amines) is 1. The van der Waals surface area contributed by atoms with E-state index in [9.17, 15) is 9.59 Å². The van der Waals surface area contributed by atoms with Crippen molar-refractivity contribution < 1.29 is 23.8 Å². The van der Waals surface area contributed by atoms with E-state index in [1.807, 2.05) is 140 Å². The van der Waals surface area contributed by atoms with Crippen molar-refractivity contribution in [2.45, 2.75) is 52.2 Å². The van der Waals surface area contributed by atoms with Crippen LogP contribution in [-0.4, -0.2) is 42.5 Å². The van der Waals surface area contributed by atoms with Crippen LogP contribution in [-0.2, 0) is 13.0 Å². The molecule has 7 nitrogen and oxygen atoms in total. The third-order valence-corrected chi connectivity index (χ3v) is 10.2. The van der Waals surface area contributed by atoms with Gasteiger partial charge >= 0.3 is 0 Å². The molecule has 6 aromatic carbocycles. The molecule has 0 aliphatic carbocycles. The first kappa shape index (κ1) is 38.0. The Hall–Kier alpha value is -6.34. The Morgan fingerprint density at radius 1 is 0.661 bits per heavy atom. The van der Waals surface area contributed by atoms with Crippen LogP contribution < -0.4 is 19.5 Å². The number of anilines is 1. The molecule has 0 atom stereocenters. The van der Waals surface area contributed by atoms with Crippen molar-refractivity contribution in [1.29, 1.82) is 0 Å². The molecule has 1 heterocycles. The number of rotatable bonds is 14. The minimum absolute atomic E-state index is 0.0829. The first-order valence-electron chi connectivity index (χ1n) is 19.4. The molecule has 1 saturated heterocycles. The molecule has 1 N–H and O–H groups in total. The van der Waals surface area contributed by atoms with Crippen molar-refractivity contribution in [2.24, 2.45) is 0 Å². The van der Waals surface area contributed by atoms with Crippen LogP contribution in [0.1, 0.15) is 62.2 Å². The van der Waals surface area contributed by atoms with Gasteiger partial charge in [-0.05, 0) is 109 Å². The third kappa shape index (κ3) is 10.2. The topological polar surface area (TPSA) is 77.1 Å². The normalized spacial score (nSPS) is 12.9. The number of ether oxygens (including phenoxy) is 3. The molecular weight excluding hydrogens is 697 g/mol. The second-order valence-electron chi connectivity index (χ2n) is 14.4. The molecule has 0 bridgehead atoms. The molecule has 1 aliphatic rings. The van der Waals surface area contributed by atoms with Gasteiger partial charge in [-0.1, -0.05) is 90.5 Å². The Morgan fingerprint density at radius 2 is 1.30 bits per heavy atom. The minimum Gasteiger partial charge on any atom is -0.493 e. The summed E-state index contributed by atoms with van der Waals surface area (Å²) in [5.74, 6) is 2.29. The second-order valence-corrected chi connectivity index (χ2v) is 14.4. The number of benzene rings is 6. The molecule has 0 saturated carbocycles. The van der Waals surface area contributed by atoms with Gasteiger partial charge < -0.3 is 24.4 Å². The monoisotopic (exact) mass is 744 g/mol. The summed E-state index contributed by atoms with van der Waals surface area (Å²) in [6, 6.07) is 47.5. The van der Waals surface area contributed by atoms with E-state index in [0.29, 0.717) is 37.6 Å². The summed E-state index contributed by atoms with van der Waals surface area (Å²) in [4.78, 5) is 27.9. The number of carbonyl (C=O) groups excluding carboxylic acids is 2. The lowest BCUT2D eigenvalue weighted by Gasteiger charge is -2.32. The lowest BCUT2D eigenvalue weighted by Crippen LogP contribution is -2.41. The standard InChI is InChI=1S/C49H48N2O5/c1-35-10-15-42(16-11-35)49(53)51-30-28-46(29-31-51)56-45-24-13-38(14-25-45)34-55-44-26-21-40(22-27-44)39-17-19-41(20-18-39)48(52)50-43-23-12-36(2)47(33-43)54-32-6-9-37-7-4-3-5-8-37/h3-5,7-8,10-27,33,46H,6,9,28-32,34H2,1-2H3,(H,50,52). The highest BCUT2D eigenvalue weighted by Gasteiger charge is 2.24. The number of hydrogen-bond acceptors (Lipinski definition) is 5.